The third-order valence-corrected chi connectivity index (χ3v) is 6.88. The van der Waals surface area contributed by atoms with Crippen molar-refractivity contribution in [1.82, 2.24) is 10.2 Å². The normalized spacial score (nSPS) is 21.3. The van der Waals surface area contributed by atoms with E-state index in [-0.39, 0.29) is 18.7 Å². The largest absolute Gasteiger partial charge is 0.507 e. The first-order valence-electron chi connectivity index (χ1n) is 12.4. The second-order valence-corrected chi connectivity index (χ2v) is 9.35. The molecule has 2 saturated heterocycles. The van der Waals surface area contributed by atoms with Crippen LogP contribution in [0.25, 0.3) is 0 Å². The minimum absolute atomic E-state index is 0.0478. The Hall–Kier alpha value is -4.49. The van der Waals surface area contributed by atoms with E-state index >= 15 is 0 Å². The van der Waals surface area contributed by atoms with Crippen LogP contribution < -0.4 is 15.5 Å². The average molecular weight is 538 g/mol. The number of nitrogens with zero attached hydrogens (tertiary/aromatic N) is 2. The molecule has 3 amide bonds. The van der Waals surface area contributed by atoms with Crippen molar-refractivity contribution in [1.29, 1.82) is 5.41 Å². The molecule has 0 bridgehead atoms. The summed E-state index contributed by atoms with van der Waals surface area (Å²) in [6.07, 6.45) is -4.61. The topological polar surface area (TPSA) is 182 Å². The molecule has 0 aromatic heterocycles. The predicted octanol–water partition coefficient (Wildman–Crippen LogP) is 1.10. The molecular formula is C26H27N5O8. The van der Waals surface area contributed by atoms with Gasteiger partial charge in [-0.25, -0.2) is 4.79 Å². The number of carbonyl (C=O) groups is 4. The third-order valence-electron chi connectivity index (χ3n) is 6.88. The number of nitrogens with one attached hydrogen (secondary N) is 3. The van der Waals surface area contributed by atoms with Gasteiger partial charge in [0.25, 0.3) is 17.7 Å². The molecule has 13 heteroatoms. The minimum atomic E-state index is -1.80. The Kier molecular flexibility index (Phi) is 7.17. The molecule has 3 heterocycles. The van der Waals surface area contributed by atoms with Gasteiger partial charge in [0.2, 0.25) is 0 Å². The van der Waals surface area contributed by atoms with Crippen LogP contribution in [0.15, 0.2) is 42.5 Å². The number of rotatable bonds is 6. The first-order valence-corrected chi connectivity index (χ1v) is 12.4. The van der Waals surface area contributed by atoms with Gasteiger partial charge in [-0.2, -0.15) is 0 Å². The van der Waals surface area contributed by atoms with Crippen LogP contribution in [0.5, 0.6) is 0 Å². The molecule has 3 aliphatic heterocycles. The van der Waals surface area contributed by atoms with Crippen LogP contribution >= 0.6 is 0 Å². The summed E-state index contributed by atoms with van der Waals surface area (Å²) in [6, 6.07) is 11.3. The fraction of sp³-hybridized carbons (Fsp3) is 0.346. The Balaban J connectivity index is 1.27. The van der Waals surface area contributed by atoms with Gasteiger partial charge in [-0.05, 0) is 48.4 Å². The van der Waals surface area contributed by atoms with E-state index in [4.69, 9.17) is 20.0 Å². The maximum Gasteiger partial charge on any atom is 0.507 e. The second kappa shape index (κ2) is 10.7. The molecule has 3 atom stereocenters. The molecular weight excluding hydrogens is 510 g/mol. The van der Waals surface area contributed by atoms with Gasteiger partial charge >= 0.3 is 6.16 Å². The fourth-order valence-electron chi connectivity index (χ4n) is 4.96. The molecule has 204 valence electrons. The monoisotopic (exact) mass is 537 g/mol. The number of carboxylic acid groups (broad SMARTS) is 1. The summed E-state index contributed by atoms with van der Waals surface area (Å²) < 4.78 is 10.3. The van der Waals surface area contributed by atoms with Crippen LogP contribution in [0.3, 0.4) is 0 Å². The van der Waals surface area contributed by atoms with Gasteiger partial charge in [-0.3, -0.25) is 19.8 Å². The lowest BCUT2D eigenvalue weighted by atomic mass is 10.1. The fourth-order valence-corrected chi connectivity index (χ4v) is 4.96. The molecule has 2 fully saturated rings. The maximum atomic E-state index is 13.3. The number of ether oxygens (including phenoxy) is 2. The molecule has 2 aromatic rings. The molecule has 5 rings (SSSR count). The first-order chi connectivity index (χ1) is 18.7. The van der Waals surface area contributed by atoms with Gasteiger partial charge in [0.05, 0.1) is 6.61 Å². The highest BCUT2D eigenvalue weighted by atomic mass is 16.7. The zero-order valence-electron chi connectivity index (χ0n) is 20.8. The number of anilines is 2. The SMILES string of the molecule is N=C1NCc2cc(NC(=O)[C@H](O)[C@H]3OCCN(c4cccc(C(=O)N5CCC[C@@H]5OC(=O)O)c4)C3=O)ccc21. The molecule has 0 radical (unpaired) electrons. The highest BCUT2D eigenvalue weighted by Crippen LogP contribution is 2.26. The third kappa shape index (κ3) is 5.26. The van der Waals surface area contributed by atoms with Crippen molar-refractivity contribution < 1.29 is 38.9 Å². The van der Waals surface area contributed by atoms with Crippen molar-refractivity contribution in [2.75, 3.05) is 29.9 Å². The lowest BCUT2D eigenvalue weighted by Crippen LogP contribution is -2.55. The van der Waals surface area contributed by atoms with E-state index in [9.17, 15) is 24.3 Å². The second-order valence-electron chi connectivity index (χ2n) is 9.35. The molecule has 0 aliphatic carbocycles. The number of hydrogen-bond acceptors (Lipinski definition) is 8. The summed E-state index contributed by atoms with van der Waals surface area (Å²) in [6.45, 7) is 0.974. The predicted molar refractivity (Wildman–Crippen MR) is 136 cm³/mol. The number of carbonyl (C=O) groups excluding carboxylic acids is 3. The molecule has 0 saturated carbocycles. The van der Waals surface area contributed by atoms with E-state index in [0.29, 0.717) is 43.1 Å². The van der Waals surface area contributed by atoms with Gasteiger partial charge in [-0.1, -0.05) is 6.07 Å². The van der Waals surface area contributed by atoms with E-state index < -0.39 is 42.3 Å². The van der Waals surface area contributed by atoms with E-state index in [0.717, 1.165) is 11.1 Å². The zero-order valence-corrected chi connectivity index (χ0v) is 20.8. The van der Waals surface area contributed by atoms with Gasteiger partial charge in [0.15, 0.2) is 18.4 Å². The van der Waals surface area contributed by atoms with Gasteiger partial charge < -0.3 is 40.1 Å². The van der Waals surface area contributed by atoms with Crippen molar-refractivity contribution >= 4 is 41.1 Å². The Morgan fingerprint density at radius 2 is 2.00 bits per heavy atom. The molecule has 0 spiro atoms. The number of likely N-dealkylation sites (tertiary alicyclic amines) is 1. The number of morpholine rings is 1. The van der Waals surface area contributed by atoms with Crippen LogP contribution in [0, 0.1) is 5.41 Å². The van der Waals surface area contributed by atoms with Crippen LogP contribution in [0.1, 0.15) is 34.3 Å². The highest BCUT2D eigenvalue weighted by Gasteiger charge is 2.40. The molecule has 13 nitrogen and oxygen atoms in total. The number of aliphatic hydroxyl groups is 1. The number of aliphatic hydroxyl groups excluding tert-OH is 1. The van der Waals surface area contributed by atoms with Crippen molar-refractivity contribution in [2.24, 2.45) is 0 Å². The van der Waals surface area contributed by atoms with Crippen LogP contribution in [0.2, 0.25) is 0 Å². The highest BCUT2D eigenvalue weighted by molar-refractivity contribution is 6.05. The average Bonchev–Trinajstić information content (AvgIpc) is 3.53. The number of amidine groups is 1. The van der Waals surface area contributed by atoms with Crippen LogP contribution in [-0.4, -0.2) is 83.0 Å². The number of benzene rings is 2. The van der Waals surface area contributed by atoms with Crippen molar-refractivity contribution in [3.63, 3.8) is 0 Å². The lowest BCUT2D eigenvalue weighted by Gasteiger charge is -2.34. The van der Waals surface area contributed by atoms with Gasteiger partial charge in [0, 0.05) is 48.6 Å². The Bertz CT molecular complexity index is 1350. The van der Waals surface area contributed by atoms with E-state index in [1.807, 2.05) is 0 Å². The number of amides is 3. The lowest BCUT2D eigenvalue weighted by molar-refractivity contribution is -0.150. The van der Waals surface area contributed by atoms with Gasteiger partial charge in [0.1, 0.15) is 5.84 Å². The van der Waals surface area contributed by atoms with Crippen LogP contribution in [0.4, 0.5) is 16.2 Å². The van der Waals surface area contributed by atoms with E-state index in [1.165, 1.54) is 15.9 Å². The summed E-state index contributed by atoms with van der Waals surface area (Å²) in [5, 5.41) is 33.0. The van der Waals surface area contributed by atoms with Crippen LogP contribution in [-0.2, 0) is 25.6 Å². The smallest absolute Gasteiger partial charge is 0.450 e. The first kappa shape index (κ1) is 26.1. The molecule has 2 aromatic carbocycles. The Labute approximate surface area is 222 Å². The van der Waals surface area contributed by atoms with Crippen molar-refractivity contribution in [2.45, 2.75) is 37.8 Å². The molecule has 0 unspecified atom stereocenters. The molecule has 39 heavy (non-hydrogen) atoms. The summed E-state index contributed by atoms with van der Waals surface area (Å²) in [4.78, 5) is 52.8. The maximum absolute atomic E-state index is 13.3. The number of fused-ring (bicyclic) bond motifs is 1. The summed E-state index contributed by atoms with van der Waals surface area (Å²) in [7, 11) is 0. The standard InChI is InChI=1S/C26H27N5O8/c27-22-18-7-6-16(11-15(18)13-28-22)29-23(33)20(32)21-25(35)30(9-10-38-21)17-4-1-3-14(12-17)24(34)31-8-2-5-19(31)39-26(36)37/h1,3-4,6-7,11-12,19-21,32H,2,5,8-10,13H2,(H2,27,28)(H,29,33)(H,36,37)/t19-,20+,21+/m0/s1. The summed E-state index contributed by atoms with van der Waals surface area (Å²) in [5.74, 6) is -1.60. The van der Waals surface area contributed by atoms with E-state index in [1.54, 1.807) is 36.4 Å². The molecule has 3 aliphatic rings. The van der Waals surface area contributed by atoms with E-state index in [2.05, 4.69) is 10.6 Å². The Morgan fingerprint density at radius 3 is 2.79 bits per heavy atom. The van der Waals surface area contributed by atoms with Gasteiger partial charge in [-0.15, -0.1) is 0 Å². The van der Waals surface area contributed by atoms with Crippen molar-refractivity contribution in [3.8, 4) is 0 Å². The minimum Gasteiger partial charge on any atom is -0.450 e. The Morgan fingerprint density at radius 1 is 1.18 bits per heavy atom. The quantitative estimate of drug-likeness (QED) is 0.337. The molecule has 5 N–H and O–H groups in total. The summed E-state index contributed by atoms with van der Waals surface area (Å²) in [5.41, 5.74) is 2.57. The summed E-state index contributed by atoms with van der Waals surface area (Å²) >= 11 is 0. The van der Waals surface area contributed by atoms with Crippen molar-refractivity contribution in [3.05, 3.63) is 59.2 Å². The zero-order chi connectivity index (χ0) is 27.7. The number of hydrogen-bond donors (Lipinski definition) is 5.